The van der Waals surface area contributed by atoms with E-state index in [9.17, 15) is 22.8 Å². The quantitative estimate of drug-likeness (QED) is 0.880. The second-order valence-electron chi connectivity index (χ2n) is 5.14. The lowest BCUT2D eigenvalue weighted by Gasteiger charge is -2.18. The van der Waals surface area contributed by atoms with Crippen LogP contribution in [0.4, 0.5) is 23.7 Å². The Labute approximate surface area is 125 Å². The van der Waals surface area contributed by atoms with Gasteiger partial charge in [-0.25, -0.2) is 4.79 Å². The van der Waals surface area contributed by atoms with Crippen molar-refractivity contribution in [2.75, 3.05) is 18.4 Å². The average molecular weight is 315 g/mol. The molecule has 1 heterocycles. The summed E-state index contributed by atoms with van der Waals surface area (Å²) in [6, 6.07) is 3.87. The van der Waals surface area contributed by atoms with Crippen LogP contribution in [0.1, 0.15) is 18.9 Å². The molecule has 120 valence electrons. The predicted molar refractivity (Wildman–Crippen MR) is 74.3 cm³/mol. The molecule has 0 aromatic heterocycles. The van der Waals surface area contributed by atoms with Gasteiger partial charge in [0.15, 0.2) is 0 Å². The normalized spacial score (nSPS) is 18.2. The van der Waals surface area contributed by atoms with Gasteiger partial charge in [-0.3, -0.25) is 4.79 Å². The zero-order chi connectivity index (χ0) is 16.3. The fraction of sp³-hybridized carbons (Fsp3) is 0.429. The molecule has 5 nitrogen and oxygen atoms in total. The molecule has 3 amide bonds. The van der Waals surface area contributed by atoms with Crippen LogP contribution in [0.15, 0.2) is 24.3 Å². The minimum absolute atomic E-state index is 0.0859. The van der Waals surface area contributed by atoms with Crippen molar-refractivity contribution in [2.45, 2.75) is 25.6 Å². The molecule has 1 aromatic carbocycles. The van der Waals surface area contributed by atoms with E-state index in [0.29, 0.717) is 19.5 Å². The second-order valence-corrected chi connectivity index (χ2v) is 5.14. The maximum absolute atomic E-state index is 12.6. The summed E-state index contributed by atoms with van der Waals surface area (Å²) in [5.41, 5.74) is -0.731. The molecule has 0 radical (unpaired) electrons. The smallest absolute Gasteiger partial charge is 0.352 e. The molecule has 1 fully saturated rings. The lowest BCUT2D eigenvalue weighted by atomic mass is 10.2. The number of carbonyl (C=O) groups excluding carboxylic acids is 2. The number of benzene rings is 1. The van der Waals surface area contributed by atoms with E-state index < -0.39 is 17.8 Å². The number of hydrogen-bond acceptors (Lipinski definition) is 2. The number of alkyl halides is 3. The Balaban J connectivity index is 1.97. The molecule has 1 aliphatic heterocycles. The average Bonchev–Trinajstić information content (AvgIpc) is 2.86. The SMILES string of the molecule is CC(=O)NC1CCN(C(=O)Nc2cccc(C(F)(F)F)c2)C1. The number of nitrogens with zero attached hydrogens (tertiary/aromatic N) is 1. The van der Waals surface area contributed by atoms with E-state index >= 15 is 0 Å². The Morgan fingerprint density at radius 2 is 2.05 bits per heavy atom. The van der Waals surface area contributed by atoms with Gasteiger partial charge in [-0.15, -0.1) is 0 Å². The molecule has 2 rings (SSSR count). The van der Waals surface area contributed by atoms with Crippen LogP contribution in [0.25, 0.3) is 0 Å². The Morgan fingerprint density at radius 1 is 1.32 bits per heavy atom. The summed E-state index contributed by atoms with van der Waals surface area (Å²) in [6.07, 6.45) is -3.83. The molecule has 2 N–H and O–H groups in total. The van der Waals surface area contributed by atoms with E-state index in [1.54, 1.807) is 0 Å². The van der Waals surface area contributed by atoms with E-state index in [4.69, 9.17) is 0 Å². The minimum atomic E-state index is -4.45. The van der Waals surface area contributed by atoms with Crippen molar-refractivity contribution >= 4 is 17.6 Å². The maximum atomic E-state index is 12.6. The summed E-state index contributed by atoms with van der Waals surface area (Å²) in [7, 11) is 0. The van der Waals surface area contributed by atoms with Gasteiger partial charge in [0, 0.05) is 31.7 Å². The number of anilines is 1. The highest BCUT2D eigenvalue weighted by Gasteiger charge is 2.31. The van der Waals surface area contributed by atoms with Crippen LogP contribution >= 0.6 is 0 Å². The van der Waals surface area contributed by atoms with Gasteiger partial charge < -0.3 is 15.5 Å². The zero-order valence-corrected chi connectivity index (χ0v) is 11.9. The summed E-state index contributed by atoms with van der Waals surface area (Å²) in [5.74, 6) is -0.176. The maximum Gasteiger partial charge on any atom is 0.416 e. The number of amides is 3. The zero-order valence-electron chi connectivity index (χ0n) is 11.9. The third-order valence-electron chi connectivity index (χ3n) is 3.32. The first-order chi connectivity index (χ1) is 10.3. The Morgan fingerprint density at radius 3 is 2.68 bits per heavy atom. The highest BCUT2D eigenvalue weighted by Crippen LogP contribution is 2.30. The summed E-state index contributed by atoms with van der Waals surface area (Å²) in [5, 5.41) is 5.15. The molecule has 0 saturated carbocycles. The lowest BCUT2D eigenvalue weighted by molar-refractivity contribution is -0.137. The second kappa shape index (κ2) is 6.25. The fourth-order valence-electron chi connectivity index (χ4n) is 2.33. The number of likely N-dealkylation sites (tertiary alicyclic amines) is 1. The first-order valence-electron chi connectivity index (χ1n) is 6.76. The van der Waals surface area contributed by atoms with Crippen molar-refractivity contribution in [3.8, 4) is 0 Å². The van der Waals surface area contributed by atoms with Gasteiger partial charge in [-0.2, -0.15) is 13.2 Å². The highest BCUT2D eigenvalue weighted by atomic mass is 19.4. The van der Waals surface area contributed by atoms with Crippen LogP contribution in [0, 0.1) is 0 Å². The predicted octanol–water partition coefficient (Wildman–Crippen LogP) is 2.45. The van der Waals surface area contributed by atoms with Crippen LogP contribution < -0.4 is 10.6 Å². The Bertz CT molecular complexity index is 575. The van der Waals surface area contributed by atoms with E-state index in [2.05, 4.69) is 10.6 Å². The first kappa shape index (κ1) is 16.1. The summed E-state index contributed by atoms with van der Waals surface area (Å²) in [4.78, 5) is 24.4. The van der Waals surface area contributed by atoms with Crippen molar-refractivity contribution in [1.82, 2.24) is 10.2 Å². The van der Waals surface area contributed by atoms with Gasteiger partial charge in [-0.1, -0.05) is 6.07 Å². The Hall–Kier alpha value is -2.25. The van der Waals surface area contributed by atoms with Crippen molar-refractivity contribution < 1.29 is 22.8 Å². The van der Waals surface area contributed by atoms with Gasteiger partial charge in [0.2, 0.25) is 5.91 Å². The van der Waals surface area contributed by atoms with Crippen molar-refractivity contribution in [3.05, 3.63) is 29.8 Å². The van der Waals surface area contributed by atoms with E-state index in [-0.39, 0.29) is 17.6 Å². The van der Waals surface area contributed by atoms with Crippen LogP contribution in [-0.4, -0.2) is 36.0 Å². The lowest BCUT2D eigenvalue weighted by Crippen LogP contribution is -2.38. The largest absolute Gasteiger partial charge is 0.416 e. The topological polar surface area (TPSA) is 61.4 Å². The summed E-state index contributed by atoms with van der Waals surface area (Å²) in [6.45, 7) is 2.17. The monoisotopic (exact) mass is 315 g/mol. The molecule has 8 heteroatoms. The van der Waals surface area contributed by atoms with Gasteiger partial charge in [0.1, 0.15) is 0 Å². The van der Waals surface area contributed by atoms with Crippen LogP contribution in [0.3, 0.4) is 0 Å². The molecule has 1 aliphatic rings. The molecule has 1 aromatic rings. The van der Waals surface area contributed by atoms with E-state index in [1.807, 2.05) is 0 Å². The molecule has 0 bridgehead atoms. The van der Waals surface area contributed by atoms with Crippen LogP contribution in [0.2, 0.25) is 0 Å². The van der Waals surface area contributed by atoms with E-state index in [0.717, 1.165) is 12.1 Å². The van der Waals surface area contributed by atoms with Gasteiger partial charge in [-0.05, 0) is 24.6 Å². The van der Waals surface area contributed by atoms with E-state index in [1.165, 1.54) is 24.0 Å². The van der Waals surface area contributed by atoms with Gasteiger partial charge in [0.25, 0.3) is 0 Å². The van der Waals surface area contributed by atoms with Gasteiger partial charge in [0.05, 0.1) is 5.56 Å². The van der Waals surface area contributed by atoms with Crippen molar-refractivity contribution in [2.24, 2.45) is 0 Å². The number of urea groups is 1. The van der Waals surface area contributed by atoms with Crippen LogP contribution in [0.5, 0.6) is 0 Å². The fourth-order valence-corrected chi connectivity index (χ4v) is 2.33. The number of nitrogens with one attached hydrogen (secondary N) is 2. The molecule has 1 unspecified atom stereocenters. The van der Waals surface area contributed by atoms with Crippen LogP contribution in [-0.2, 0) is 11.0 Å². The molecule has 0 aliphatic carbocycles. The molecule has 0 spiro atoms. The van der Waals surface area contributed by atoms with Gasteiger partial charge >= 0.3 is 12.2 Å². The standard InChI is InChI=1S/C14H16F3N3O2/c1-9(21)18-12-5-6-20(8-12)13(22)19-11-4-2-3-10(7-11)14(15,16)17/h2-4,7,12H,5-6,8H2,1H3,(H,18,21)(H,19,22). The number of halogens is 3. The molecule has 1 atom stereocenters. The molecular formula is C14H16F3N3O2. The highest BCUT2D eigenvalue weighted by molar-refractivity contribution is 5.89. The third-order valence-corrected chi connectivity index (χ3v) is 3.32. The number of rotatable bonds is 2. The molecule has 22 heavy (non-hydrogen) atoms. The first-order valence-corrected chi connectivity index (χ1v) is 6.76. The van der Waals surface area contributed by atoms with Crippen molar-refractivity contribution in [3.63, 3.8) is 0 Å². The molecule has 1 saturated heterocycles. The minimum Gasteiger partial charge on any atom is -0.352 e. The molecular weight excluding hydrogens is 299 g/mol. The third kappa shape index (κ3) is 4.12. The van der Waals surface area contributed by atoms with Crippen molar-refractivity contribution in [1.29, 1.82) is 0 Å². The number of hydrogen-bond donors (Lipinski definition) is 2. The Kier molecular flexibility index (Phi) is 4.58. The summed E-state index contributed by atoms with van der Waals surface area (Å²) >= 11 is 0. The summed E-state index contributed by atoms with van der Waals surface area (Å²) < 4.78 is 37.8. The number of carbonyl (C=O) groups is 2.